The molecule has 4 aromatic carbocycles. The molecule has 0 unspecified atom stereocenters. The standard InChI is InChI=1S/C33H34ClN3O5S/c1-3-42-31-17-11-10-16-29(31)37(43(40,41)28-20-18-27(34)19-21-28)24-32(38)36(23-26-14-8-5-9-15-26)30(33(39)35-2)22-25-12-6-4-7-13-25/h4-21,30H,3,22-24H2,1-2H3,(H,35,39)/t30-/m1/s1. The number of carbonyl (C=O) groups excluding carboxylic acids is 2. The van der Waals surface area contributed by atoms with Crippen LogP contribution in [0.1, 0.15) is 18.1 Å². The Balaban J connectivity index is 1.81. The zero-order chi connectivity index (χ0) is 30.8. The first-order valence-corrected chi connectivity index (χ1v) is 15.7. The summed E-state index contributed by atoms with van der Waals surface area (Å²) >= 11 is 6.05. The molecule has 0 saturated heterocycles. The third-order valence-corrected chi connectivity index (χ3v) is 8.85. The number of anilines is 1. The lowest BCUT2D eigenvalue weighted by atomic mass is 10.0. The molecule has 2 amide bonds. The zero-order valence-corrected chi connectivity index (χ0v) is 25.6. The average Bonchev–Trinajstić information content (AvgIpc) is 3.02. The highest BCUT2D eigenvalue weighted by Gasteiger charge is 2.35. The highest BCUT2D eigenvalue weighted by molar-refractivity contribution is 7.92. The van der Waals surface area contributed by atoms with Gasteiger partial charge in [0.2, 0.25) is 11.8 Å². The van der Waals surface area contributed by atoms with E-state index >= 15 is 0 Å². The Morgan fingerprint density at radius 3 is 2.02 bits per heavy atom. The first-order valence-electron chi connectivity index (χ1n) is 13.8. The van der Waals surface area contributed by atoms with Crippen LogP contribution in [0, 0.1) is 0 Å². The smallest absolute Gasteiger partial charge is 0.264 e. The average molecular weight is 620 g/mol. The highest BCUT2D eigenvalue weighted by Crippen LogP contribution is 2.33. The van der Waals surface area contributed by atoms with Gasteiger partial charge in [0.25, 0.3) is 10.0 Å². The quantitative estimate of drug-likeness (QED) is 0.219. The second-order valence-electron chi connectivity index (χ2n) is 9.69. The number of halogens is 1. The summed E-state index contributed by atoms with van der Waals surface area (Å²) < 4.78 is 35.1. The van der Waals surface area contributed by atoms with Gasteiger partial charge in [-0.2, -0.15) is 0 Å². The molecule has 0 aliphatic carbocycles. The van der Waals surface area contributed by atoms with E-state index in [-0.39, 0.29) is 36.1 Å². The van der Waals surface area contributed by atoms with Crippen molar-refractivity contribution in [3.8, 4) is 5.75 Å². The zero-order valence-electron chi connectivity index (χ0n) is 24.0. The van der Waals surface area contributed by atoms with E-state index in [1.807, 2.05) is 60.7 Å². The van der Waals surface area contributed by atoms with Crippen LogP contribution in [0.4, 0.5) is 5.69 Å². The number of benzene rings is 4. The van der Waals surface area contributed by atoms with Crippen molar-refractivity contribution >= 4 is 39.1 Å². The maximum atomic E-state index is 14.4. The molecule has 0 heterocycles. The fourth-order valence-electron chi connectivity index (χ4n) is 4.69. The van der Waals surface area contributed by atoms with Gasteiger partial charge in [-0.05, 0) is 54.4 Å². The minimum absolute atomic E-state index is 0.0438. The summed E-state index contributed by atoms with van der Waals surface area (Å²) in [6, 6.07) is 30.1. The Kier molecular flexibility index (Phi) is 10.8. The third-order valence-electron chi connectivity index (χ3n) is 6.83. The van der Waals surface area contributed by atoms with E-state index in [2.05, 4.69) is 5.32 Å². The maximum absolute atomic E-state index is 14.4. The number of ether oxygens (including phenoxy) is 1. The number of likely N-dealkylation sites (N-methyl/N-ethyl adjacent to an activating group) is 1. The Labute approximate surface area is 257 Å². The Morgan fingerprint density at radius 1 is 0.837 bits per heavy atom. The van der Waals surface area contributed by atoms with E-state index in [0.717, 1.165) is 15.4 Å². The summed E-state index contributed by atoms with van der Waals surface area (Å²) in [6.45, 7) is 1.59. The Hall–Kier alpha value is -4.34. The number of rotatable bonds is 13. The van der Waals surface area contributed by atoms with Crippen molar-refractivity contribution in [1.29, 1.82) is 0 Å². The summed E-state index contributed by atoms with van der Waals surface area (Å²) in [7, 11) is -2.76. The number of hydrogen-bond acceptors (Lipinski definition) is 5. The van der Waals surface area contributed by atoms with Crippen molar-refractivity contribution in [3.05, 3.63) is 125 Å². The van der Waals surface area contributed by atoms with E-state index in [1.165, 1.54) is 36.2 Å². The molecule has 4 aromatic rings. The molecule has 0 spiro atoms. The molecule has 0 bridgehead atoms. The van der Waals surface area contributed by atoms with Crippen LogP contribution in [0.5, 0.6) is 5.75 Å². The van der Waals surface area contributed by atoms with Crippen LogP contribution in [0.2, 0.25) is 5.02 Å². The Morgan fingerprint density at radius 2 is 1.42 bits per heavy atom. The minimum atomic E-state index is -4.28. The van der Waals surface area contributed by atoms with Gasteiger partial charge >= 0.3 is 0 Å². The lowest BCUT2D eigenvalue weighted by Crippen LogP contribution is -2.53. The van der Waals surface area contributed by atoms with Gasteiger partial charge in [0.1, 0.15) is 18.3 Å². The summed E-state index contributed by atoms with van der Waals surface area (Å²) in [5.41, 5.74) is 1.85. The van der Waals surface area contributed by atoms with Crippen molar-refractivity contribution in [2.45, 2.75) is 30.8 Å². The predicted molar refractivity (Wildman–Crippen MR) is 169 cm³/mol. The molecule has 1 N–H and O–H groups in total. The van der Waals surface area contributed by atoms with E-state index in [1.54, 1.807) is 31.2 Å². The molecule has 10 heteroatoms. The minimum Gasteiger partial charge on any atom is -0.492 e. The van der Waals surface area contributed by atoms with Crippen LogP contribution < -0.4 is 14.4 Å². The van der Waals surface area contributed by atoms with Gasteiger partial charge in [0, 0.05) is 25.0 Å². The Bertz CT molecular complexity index is 1620. The van der Waals surface area contributed by atoms with E-state index < -0.39 is 28.5 Å². The molecular formula is C33H34ClN3O5S. The lowest BCUT2D eigenvalue weighted by molar-refractivity contribution is -0.139. The molecule has 0 aliphatic heterocycles. The number of sulfonamides is 1. The summed E-state index contributed by atoms with van der Waals surface area (Å²) in [5.74, 6) is -0.621. The fraction of sp³-hybridized carbons (Fsp3) is 0.212. The van der Waals surface area contributed by atoms with E-state index in [4.69, 9.17) is 16.3 Å². The number of hydrogen-bond donors (Lipinski definition) is 1. The first kappa shape index (κ1) is 31.6. The largest absolute Gasteiger partial charge is 0.492 e. The normalized spacial score (nSPS) is 11.8. The third kappa shape index (κ3) is 7.94. The van der Waals surface area contributed by atoms with Crippen LogP contribution in [0.15, 0.2) is 114 Å². The number of carbonyl (C=O) groups is 2. The molecule has 8 nitrogen and oxygen atoms in total. The molecule has 0 saturated carbocycles. The van der Waals surface area contributed by atoms with Gasteiger partial charge in [-0.15, -0.1) is 0 Å². The van der Waals surface area contributed by atoms with Crippen molar-refractivity contribution < 1.29 is 22.7 Å². The second kappa shape index (κ2) is 14.7. The SMILES string of the molecule is CCOc1ccccc1N(CC(=O)N(Cc1ccccc1)[C@H](Cc1ccccc1)C(=O)NC)S(=O)(=O)c1ccc(Cl)cc1. The van der Waals surface area contributed by atoms with Gasteiger partial charge in [-0.1, -0.05) is 84.4 Å². The molecule has 4 rings (SSSR count). The summed E-state index contributed by atoms with van der Waals surface area (Å²) in [6.07, 6.45) is 0.235. The van der Waals surface area contributed by atoms with Gasteiger partial charge < -0.3 is 15.0 Å². The van der Waals surface area contributed by atoms with Crippen molar-refractivity contribution in [1.82, 2.24) is 10.2 Å². The number of amides is 2. The number of nitrogens with zero attached hydrogens (tertiary/aromatic N) is 2. The number of para-hydroxylation sites is 2. The van der Waals surface area contributed by atoms with Gasteiger partial charge in [0.05, 0.1) is 17.2 Å². The predicted octanol–water partition coefficient (Wildman–Crippen LogP) is 5.32. The maximum Gasteiger partial charge on any atom is 0.264 e. The lowest BCUT2D eigenvalue weighted by Gasteiger charge is -2.34. The molecule has 224 valence electrons. The fourth-order valence-corrected chi connectivity index (χ4v) is 6.24. The van der Waals surface area contributed by atoms with Crippen molar-refractivity contribution in [2.24, 2.45) is 0 Å². The molecule has 43 heavy (non-hydrogen) atoms. The van der Waals surface area contributed by atoms with Gasteiger partial charge in [0.15, 0.2) is 0 Å². The van der Waals surface area contributed by atoms with Crippen LogP contribution in [0.3, 0.4) is 0 Å². The van der Waals surface area contributed by atoms with E-state index in [0.29, 0.717) is 10.8 Å². The summed E-state index contributed by atoms with van der Waals surface area (Å²) in [5, 5.41) is 3.06. The summed E-state index contributed by atoms with van der Waals surface area (Å²) in [4.78, 5) is 29.1. The molecule has 0 fully saturated rings. The molecule has 0 radical (unpaired) electrons. The molecule has 1 atom stereocenters. The van der Waals surface area contributed by atoms with E-state index in [9.17, 15) is 18.0 Å². The van der Waals surface area contributed by atoms with Gasteiger partial charge in [-0.3, -0.25) is 13.9 Å². The monoisotopic (exact) mass is 619 g/mol. The van der Waals surface area contributed by atoms with Crippen LogP contribution in [-0.2, 0) is 32.6 Å². The molecular weight excluding hydrogens is 586 g/mol. The van der Waals surface area contributed by atoms with Crippen molar-refractivity contribution in [2.75, 3.05) is 24.5 Å². The molecule has 0 aliphatic rings. The van der Waals surface area contributed by atoms with Crippen LogP contribution in [0.25, 0.3) is 0 Å². The second-order valence-corrected chi connectivity index (χ2v) is 12.0. The molecule has 0 aromatic heterocycles. The topological polar surface area (TPSA) is 96.0 Å². The number of nitrogens with one attached hydrogen (secondary N) is 1. The van der Waals surface area contributed by atoms with Crippen molar-refractivity contribution in [3.63, 3.8) is 0 Å². The van der Waals surface area contributed by atoms with Crippen LogP contribution >= 0.6 is 11.6 Å². The van der Waals surface area contributed by atoms with Crippen LogP contribution in [-0.4, -0.2) is 51.4 Å². The highest BCUT2D eigenvalue weighted by atomic mass is 35.5. The van der Waals surface area contributed by atoms with Gasteiger partial charge in [-0.25, -0.2) is 8.42 Å². The first-order chi connectivity index (χ1) is 20.7.